The Bertz CT molecular complexity index is 2640. The number of alkyl halides is 5. The SMILES string of the molecule is CCCc1ccc(C#Cc2ccc(C#Cc3ccc(OC(F)(F)F)cc3)cc2)cc1F.CCCc1ccc(C#Cc2ccc(C#Cc3ccc(OC(F)F)cc3)cc2)cc1F. The van der Waals surface area contributed by atoms with Crippen LogP contribution in [0.15, 0.2) is 133 Å². The molecule has 0 aliphatic heterocycles. The molecule has 0 heterocycles. The summed E-state index contributed by atoms with van der Waals surface area (Å²) in [6.07, 6.45) is -1.52. The van der Waals surface area contributed by atoms with E-state index in [1.54, 1.807) is 48.5 Å². The molecule has 0 aliphatic carbocycles. The van der Waals surface area contributed by atoms with Gasteiger partial charge in [-0.1, -0.05) is 86.2 Å². The predicted molar refractivity (Wildman–Crippen MR) is 224 cm³/mol. The lowest BCUT2D eigenvalue weighted by Crippen LogP contribution is -2.16. The molecule has 306 valence electrons. The summed E-state index contributed by atoms with van der Waals surface area (Å²) in [6.45, 7) is 1.18. The zero-order valence-electron chi connectivity index (χ0n) is 33.1. The highest BCUT2D eigenvalue weighted by molar-refractivity contribution is 5.50. The normalized spacial score (nSPS) is 10.3. The minimum Gasteiger partial charge on any atom is -0.435 e. The van der Waals surface area contributed by atoms with E-state index >= 15 is 0 Å². The third-order valence-electron chi connectivity index (χ3n) is 8.49. The fourth-order valence-corrected chi connectivity index (χ4v) is 5.51. The molecule has 0 spiro atoms. The molecule has 6 rings (SSSR count). The molecular formula is C52H37F7O2. The van der Waals surface area contributed by atoms with E-state index in [0.717, 1.165) is 41.5 Å². The lowest BCUT2D eigenvalue weighted by molar-refractivity contribution is -0.274. The lowest BCUT2D eigenvalue weighted by atomic mass is 10.1. The van der Waals surface area contributed by atoms with E-state index in [2.05, 4.69) is 56.8 Å². The third-order valence-corrected chi connectivity index (χ3v) is 8.49. The molecule has 0 radical (unpaired) electrons. The van der Waals surface area contributed by atoms with Crippen LogP contribution < -0.4 is 9.47 Å². The molecule has 0 aliphatic rings. The summed E-state index contributed by atoms with van der Waals surface area (Å²) in [5.41, 5.74) is 6.99. The van der Waals surface area contributed by atoms with Gasteiger partial charge in [0.25, 0.3) is 0 Å². The maximum absolute atomic E-state index is 14.0. The molecule has 0 atom stereocenters. The number of aryl methyl sites for hydroxylation is 2. The van der Waals surface area contributed by atoms with Crippen molar-refractivity contribution in [1.82, 2.24) is 0 Å². The summed E-state index contributed by atoms with van der Waals surface area (Å²) in [4.78, 5) is 0. The van der Waals surface area contributed by atoms with Gasteiger partial charge in [-0.15, -0.1) is 13.2 Å². The number of ether oxygens (including phenoxy) is 2. The van der Waals surface area contributed by atoms with Crippen LogP contribution in [0.5, 0.6) is 11.5 Å². The molecular weight excluding hydrogens is 790 g/mol. The average Bonchev–Trinajstić information content (AvgIpc) is 3.24. The maximum Gasteiger partial charge on any atom is 0.573 e. The van der Waals surface area contributed by atoms with Crippen LogP contribution in [0, 0.1) is 59.0 Å². The van der Waals surface area contributed by atoms with Crippen molar-refractivity contribution in [2.75, 3.05) is 0 Å². The first-order chi connectivity index (χ1) is 29.3. The van der Waals surface area contributed by atoms with Gasteiger partial charge in [0.15, 0.2) is 0 Å². The standard InChI is InChI=1S/C26H18F4O.C26H19F3O/c1-2-3-23-15-12-22(18-25(23)27)11-10-20-6-4-19(5-7-20)8-9-21-13-16-24(17-14-21)31-26(28,29)30;1-2-3-23-15-12-22(18-25(23)27)11-10-20-6-4-19(5-7-20)8-9-21-13-16-24(17-14-21)30-26(28)29/h4-7,12-18H,2-3H2,1H3;4-7,12-18,26H,2-3H2,1H3. The quantitative estimate of drug-likeness (QED) is 0.118. The van der Waals surface area contributed by atoms with Gasteiger partial charge in [0.05, 0.1) is 0 Å². The fraction of sp³-hybridized carbons (Fsp3) is 0.154. The molecule has 6 aromatic carbocycles. The Morgan fingerprint density at radius 3 is 0.984 bits per heavy atom. The predicted octanol–water partition coefficient (Wildman–Crippen LogP) is 12.7. The van der Waals surface area contributed by atoms with Gasteiger partial charge in [-0.25, -0.2) is 8.78 Å². The highest BCUT2D eigenvalue weighted by Gasteiger charge is 2.30. The highest BCUT2D eigenvalue weighted by Crippen LogP contribution is 2.23. The molecule has 0 unspecified atom stereocenters. The third kappa shape index (κ3) is 15.4. The summed E-state index contributed by atoms with van der Waals surface area (Å²) < 4.78 is 97.0. The topological polar surface area (TPSA) is 18.5 Å². The maximum atomic E-state index is 14.0. The number of hydrogen-bond acceptors (Lipinski definition) is 2. The first-order valence-corrected chi connectivity index (χ1v) is 19.1. The molecule has 0 fully saturated rings. The largest absolute Gasteiger partial charge is 0.573 e. The Morgan fingerprint density at radius 1 is 0.426 bits per heavy atom. The Morgan fingerprint density at radius 2 is 0.705 bits per heavy atom. The Labute approximate surface area is 351 Å². The van der Waals surface area contributed by atoms with Crippen molar-refractivity contribution in [3.05, 3.63) is 201 Å². The summed E-state index contributed by atoms with van der Waals surface area (Å²) in [5, 5.41) is 0. The second kappa shape index (κ2) is 22.2. The van der Waals surface area contributed by atoms with E-state index in [1.165, 1.54) is 48.5 Å². The van der Waals surface area contributed by atoms with Crippen LogP contribution in [0.2, 0.25) is 0 Å². The Balaban J connectivity index is 0.000000231. The van der Waals surface area contributed by atoms with Gasteiger partial charge < -0.3 is 9.47 Å². The first kappa shape index (κ1) is 44.8. The van der Waals surface area contributed by atoms with Gasteiger partial charge in [-0.3, -0.25) is 0 Å². The van der Waals surface area contributed by atoms with Crippen LogP contribution in [0.3, 0.4) is 0 Å². The van der Waals surface area contributed by atoms with Crippen LogP contribution in [0.25, 0.3) is 0 Å². The Kier molecular flexibility index (Phi) is 16.3. The van der Waals surface area contributed by atoms with Crippen molar-refractivity contribution < 1.29 is 40.2 Å². The zero-order chi connectivity index (χ0) is 43.6. The number of benzene rings is 6. The van der Waals surface area contributed by atoms with Crippen molar-refractivity contribution in [1.29, 1.82) is 0 Å². The minimum atomic E-state index is -4.72. The fourth-order valence-electron chi connectivity index (χ4n) is 5.51. The van der Waals surface area contributed by atoms with Crippen molar-refractivity contribution in [2.24, 2.45) is 0 Å². The van der Waals surface area contributed by atoms with Gasteiger partial charge in [0.1, 0.15) is 23.1 Å². The van der Waals surface area contributed by atoms with Crippen molar-refractivity contribution in [2.45, 2.75) is 52.5 Å². The minimum absolute atomic E-state index is 0.0957. The highest BCUT2D eigenvalue weighted by atomic mass is 19.4. The molecule has 0 aromatic heterocycles. The second-order valence-corrected chi connectivity index (χ2v) is 13.2. The van der Waals surface area contributed by atoms with Crippen LogP contribution in [-0.2, 0) is 12.8 Å². The molecule has 0 N–H and O–H groups in total. The molecule has 0 saturated carbocycles. The van der Waals surface area contributed by atoms with E-state index in [1.807, 2.05) is 50.2 Å². The van der Waals surface area contributed by atoms with E-state index in [4.69, 9.17) is 0 Å². The first-order valence-electron chi connectivity index (χ1n) is 19.1. The van der Waals surface area contributed by atoms with Crippen molar-refractivity contribution in [3.63, 3.8) is 0 Å². The zero-order valence-corrected chi connectivity index (χ0v) is 33.1. The number of rotatable bonds is 7. The summed E-state index contributed by atoms with van der Waals surface area (Å²) in [5.74, 6) is 23.1. The van der Waals surface area contributed by atoms with Gasteiger partial charge in [-0.05, 0) is 145 Å². The molecule has 0 bridgehead atoms. The second-order valence-electron chi connectivity index (χ2n) is 13.2. The van der Waals surface area contributed by atoms with E-state index in [-0.39, 0.29) is 23.1 Å². The van der Waals surface area contributed by atoms with Gasteiger partial charge in [0.2, 0.25) is 0 Å². The van der Waals surface area contributed by atoms with E-state index < -0.39 is 13.0 Å². The molecule has 0 amide bonds. The number of halogens is 7. The smallest absolute Gasteiger partial charge is 0.435 e. The van der Waals surface area contributed by atoms with Gasteiger partial charge in [-0.2, -0.15) is 8.78 Å². The Hall–Kier alpha value is -7.33. The van der Waals surface area contributed by atoms with Crippen LogP contribution in [-0.4, -0.2) is 13.0 Å². The molecule has 9 heteroatoms. The van der Waals surface area contributed by atoms with Crippen LogP contribution in [0.1, 0.15) is 82.3 Å². The summed E-state index contributed by atoms with van der Waals surface area (Å²) >= 11 is 0. The van der Waals surface area contributed by atoms with E-state index in [9.17, 15) is 30.7 Å². The lowest BCUT2D eigenvalue weighted by Gasteiger charge is -2.07. The molecule has 61 heavy (non-hydrogen) atoms. The monoisotopic (exact) mass is 826 g/mol. The molecule has 6 aromatic rings. The van der Waals surface area contributed by atoms with Gasteiger partial charge in [0, 0.05) is 44.5 Å². The summed E-state index contributed by atoms with van der Waals surface area (Å²) in [7, 11) is 0. The van der Waals surface area contributed by atoms with Crippen LogP contribution in [0.4, 0.5) is 30.7 Å². The molecule has 0 saturated heterocycles. The van der Waals surface area contributed by atoms with Crippen molar-refractivity contribution in [3.8, 4) is 58.9 Å². The summed E-state index contributed by atoms with van der Waals surface area (Å²) in [6, 6.07) is 36.2. The average molecular weight is 827 g/mol. The number of hydrogen-bond donors (Lipinski definition) is 0. The molecule has 2 nitrogen and oxygen atoms in total. The van der Waals surface area contributed by atoms with Gasteiger partial charge >= 0.3 is 13.0 Å². The van der Waals surface area contributed by atoms with Crippen LogP contribution >= 0.6 is 0 Å². The van der Waals surface area contributed by atoms with Crippen molar-refractivity contribution >= 4 is 0 Å². The van der Waals surface area contributed by atoms with E-state index in [0.29, 0.717) is 39.8 Å².